The van der Waals surface area contributed by atoms with Crippen molar-refractivity contribution in [3.63, 3.8) is 0 Å². The van der Waals surface area contributed by atoms with Crippen LogP contribution in [0.5, 0.6) is 5.75 Å². The van der Waals surface area contributed by atoms with Crippen molar-refractivity contribution < 1.29 is 14.5 Å². The summed E-state index contributed by atoms with van der Waals surface area (Å²) in [5.41, 5.74) is 3.22. The molecule has 11 heteroatoms. The Morgan fingerprint density at radius 3 is 2.59 bits per heavy atom. The fraction of sp³-hybridized carbons (Fsp3) is 0.286. The summed E-state index contributed by atoms with van der Waals surface area (Å²) >= 11 is 1.20. The van der Waals surface area contributed by atoms with Gasteiger partial charge in [0, 0.05) is 12.7 Å². The van der Waals surface area contributed by atoms with Crippen molar-refractivity contribution in [2.24, 2.45) is 7.05 Å². The maximum atomic E-state index is 12.4. The number of aryl methyl sites for hydroxylation is 2. The number of carbonyl (C=O) groups is 1. The molecule has 10 nitrogen and oxygen atoms in total. The maximum absolute atomic E-state index is 12.4. The van der Waals surface area contributed by atoms with Crippen LogP contribution in [0.4, 0.5) is 17.1 Å². The first kappa shape index (κ1) is 23.1. The van der Waals surface area contributed by atoms with E-state index in [0.29, 0.717) is 17.5 Å². The van der Waals surface area contributed by atoms with Gasteiger partial charge in [-0.3, -0.25) is 14.9 Å². The van der Waals surface area contributed by atoms with E-state index < -0.39 is 4.92 Å². The minimum atomic E-state index is -0.566. The molecule has 2 N–H and O–H groups in total. The van der Waals surface area contributed by atoms with Crippen LogP contribution in [0.25, 0.3) is 0 Å². The van der Waals surface area contributed by atoms with Crippen molar-refractivity contribution in [1.29, 1.82) is 0 Å². The average Bonchev–Trinajstić information content (AvgIpc) is 3.11. The molecule has 1 aromatic heterocycles. The molecule has 0 unspecified atom stereocenters. The van der Waals surface area contributed by atoms with Crippen LogP contribution in [0.3, 0.4) is 0 Å². The number of methoxy groups -OCH3 is 1. The number of nitrogens with zero attached hydrogens (tertiary/aromatic N) is 4. The lowest BCUT2D eigenvalue weighted by atomic mass is 10.1. The fourth-order valence-electron chi connectivity index (χ4n) is 3.10. The third kappa shape index (κ3) is 5.35. The van der Waals surface area contributed by atoms with Gasteiger partial charge in [0.25, 0.3) is 5.69 Å². The zero-order valence-electron chi connectivity index (χ0n) is 18.2. The van der Waals surface area contributed by atoms with Crippen LogP contribution in [-0.4, -0.2) is 38.5 Å². The van der Waals surface area contributed by atoms with Crippen molar-refractivity contribution in [3.05, 3.63) is 63.5 Å². The lowest BCUT2D eigenvalue weighted by molar-refractivity contribution is -0.384. The number of carbonyl (C=O) groups excluding carboxylic acids is 1. The van der Waals surface area contributed by atoms with Crippen LogP contribution in [0.2, 0.25) is 0 Å². The van der Waals surface area contributed by atoms with Gasteiger partial charge < -0.3 is 19.9 Å². The Hall–Kier alpha value is -3.60. The highest BCUT2D eigenvalue weighted by Gasteiger charge is 2.18. The number of nitrogens with one attached hydrogen (secondary N) is 2. The molecule has 168 valence electrons. The van der Waals surface area contributed by atoms with Crippen molar-refractivity contribution in [3.8, 4) is 5.75 Å². The minimum absolute atomic E-state index is 0.0273. The van der Waals surface area contributed by atoms with E-state index in [-0.39, 0.29) is 23.0 Å². The van der Waals surface area contributed by atoms with E-state index in [4.69, 9.17) is 4.74 Å². The summed E-state index contributed by atoms with van der Waals surface area (Å²) in [4.78, 5) is 23.1. The van der Waals surface area contributed by atoms with Gasteiger partial charge in [0.2, 0.25) is 5.91 Å². The fourth-order valence-corrected chi connectivity index (χ4v) is 3.83. The van der Waals surface area contributed by atoms with Gasteiger partial charge >= 0.3 is 0 Å². The Kier molecular flexibility index (Phi) is 7.31. The standard InChI is InChI=1S/C21H24N6O4S/c1-13-6-5-7-14(2)20(13)22-11-18-24-25-21(26(18)3)32-12-19(28)23-16-9-8-15(31-4)10-17(16)27(29)30/h5-10,22H,11-12H2,1-4H3,(H,23,28). The number of hydrogen-bond donors (Lipinski definition) is 2. The number of para-hydroxylation sites is 1. The van der Waals surface area contributed by atoms with Gasteiger partial charge in [-0.05, 0) is 37.1 Å². The van der Waals surface area contributed by atoms with Crippen molar-refractivity contribution in [2.45, 2.75) is 25.5 Å². The SMILES string of the molecule is COc1ccc(NC(=O)CSc2nnc(CNc3c(C)cccc3C)n2C)c([N+](=O)[O-])c1. The minimum Gasteiger partial charge on any atom is -0.496 e. The molecule has 3 aromatic rings. The Balaban J connectivity index is 1.60. The number of nitro groups is 1. The molecule has 0 aliphatic rings. The van der Waals surface area contributed by atoms with Crippen LogP contribution in [0, 0.1) is 24.0 Å². The zero-order valence-corrected chi connectivity index (χ0v) is 19.0. The van der Waals surface area contributed by atoms with Crippen LogP contribution < -0.4 is 15.4 Å². The van der Waals surface area contributed by atoms with Crippen LogP contribution in [0.15, 0.2) is 41.6 Å². The second-order valence-corrected chi connectivity index (χ2v) is 8.00. The number of anilines is 2. The average molecular weight is 457 g/mol. The number of amides is 1. The molecule has 2 aromatic carbocycles. The first-order valence-corrected chi connectivity index (χ1v) is 10.7. The summed E-state index contributed by atoms with van der Waals surface area (Å²) in [6.07, 6.45) is 0. The highest BCUT2D eigenvalue weighted by atomic mass is 32.2. The smallest absolute Gasteiger partial charge is 0.296 e. The predicted molar refractivity (Wildman–Crippen MR) is 123 cm³/mol. The first-order chi connectivity index (χ1) is 15.3. The Labute approximate surface area is 189 Å². The molecule has 32 heavy (non-hydrogen) atoms. The Morgan fingerprint density at radius 2 is 1.94 bits per heavy atom. The van der Waals surface area contributed by atoms with Crippen molar-refractivity contribution >= 4 is 34.7 Å². The Morgan fingerprint density at radius 1 is 1.22 bits per heavy atom. The molecule has 0 saturated carbocycles. The predicted octanol–water partition coefficient (Wildman–Crippen LogP) is 3.69. The molecule has 1 heterocycles. The normalized spacial score (nSPS) is 10.6. The number of hydrogen-bond acceptors (Lipinski definition) is 8. The monoisotopic (exact) mass is 456 g/mol. The summed E-state index contributed by atoms with van der Waals surface area (Å²) in [6, 6.07) is 10.4. The van der Waals surface area contributed by atoms with E-state index in [2.05, 4.69) is 20.8 Å². The van der Waals surface area contributed by atoms with Gasteiger partial charge in [-0.2, -0.15) is 0 Å². The third-order valence-corrected chi connectivity index (χ3v) is 5.86. The molecule has 0 radical (unpaired) electrons. The van der Waals surface area contributed by atoms with Gasteiger partial charge in [-0.25, -0.2) is 0 Å². The maximum Gasteiger partial charge on any atom is 0.296 e. The van der Waals surface area contributed by atoms with Crippen molar-refractivity contribution in [2.75, 3.05) is 23.5 Å². The van der Waals surface area contributed by atoms with E-state index in [0.717, 1.165) is 22.6 Å². The number of rotatable bonds is 9. The zero-order chi connectivity index (χ0) is 23.3. The molecular formula is C21H24N6O4S. The van der Waals surface area contributed by atoms with Gasteiger partial charge in [0.15, 0.2) is 11.0 Å². The number of aromatic nitrogens is 3. The summed E-state index contributed by atoms with van der Waals surface area (Å²) in [6.45, 7) is 4.57. The second-order valence-electron chi connectivity index (χ2n) is 7.06. The van der Waals surface area contributed by atoms with E-state index in [1.807, 2.05) is 43.7 Å². The van der Waals surface area contributed by atoms with Gasteiger partial charge in [0.05, 0.1) is 30.4 Å². The molecule has 0 atom stereocenters. The molecule has 0 aliphatic heterocycles. The van der Waals surface area contributed by atoms with E-state index in [9.17, 15) is 14.9 Å². The van der Waals surface area contributed by atoms with Gasteiger partial charge in [-0.1, -0.05) is 30.0 Å². The molecule has 0 spiro atoms. The number of nitro benzene ring substituents is 1. The molecule has 0 bridgehead atoms. The molecule has 0 aliphatic carbocycles. The third-order valence-electron chi connectivity index (χ3n) is 4.84. The van der Waals surface area contributed by atoms with Crippen molar-refractivity contribution in [1.82, 2.24) is 14.8 Å². The highest BCUT2D eigenvalue weighted by Crippen LogP contribution is 2.29. The Bertz CT molecular complexity index is 1130. The van der Waals surface area contributed by atoms with Crippen LogP contribution in [0.1, 0.15) is 17.0 Å². The molecule has 1 amide bonds. The molecule has 0 saturated heterocycles. The lowest BCUT2D eigenvalue weighted by Crippen LogP contribution is -2.15. The largest absolute Gasteiger partial charge is 0.496 e. The van der Waals surface area contributed by atoms with Crippen LogP contribution in [-0.2, 0) is 18.4 Å². The summed E-state index contributed by atoms with van der Waals surface area (Å²) < 4.78 is 6.82. The van der Waals surface area contributed by atoms with Gasteiger partial charge in [-0.15, -0.1) is 10.2 Å². The number of ether oxygens (including phenoxy) is 1. The topological polar surface area (TPSA) is 124 Å². The number of thioether (sulfide) groups is 1. The molecular weight excluding hydrogens is 432 g/mol. The van der Waals surface area contributed by atoms with E-state index >= 15 is 0 Å². The van der Waals surface area contributed by atoms with Gasteiger partial charge in [0.1, 0.15) is 11.4 Å². The van der Waals surface area contributed by atoms with E-state index in [1.54, 1.807) is 6.07 Å². The number of benzene rings is 2. The summed E-state index contributed by atoms with van der Waals surface area (Å²) in [5.74, 6) is 0.701. The summed E-state index contributed by atoms with van der Waals surface area (Å²) in [5, 5.41) is 26.2. The summed E-state index contributed by atoms with van der Waals surface area (Å²) in [7, 11) is 3.25. The lowest BCUT2D eigenvalue weighted by Gasteiger charge is -2.12. The van der Waals surface area contributed by atoms with E-state index in [1.165, 1.54) is 31.0 Å². The molecule has 0 fully saturated rings. The quantitative estimate of drug-likeness (QED) is 0.284. The molecule has 3 rings (SSSR count). The second kappa shape index (κ2) is 10.1. The first-order valence-electron chi connectivity index (χ1n) is 9.73. The highest BCUT2D eigenvalue weighted by molar-refractivity contribution is 7.99. The van der Waals surface area contributed by atoms with Crippen LogP contribution >= 0.6 is 11.8 Å².